The number of ether oxygens (including phenoxy) is 1. The van der Waals surface area contributed by atoms with Gasteiger partial charge in [0.2, 0.25) is 0 Å². The maximum atomic E-state index is 5.38. The van der Waals surface area contributed by atoms with Gasteiger partial charge in [-0.3, -0.25) is 0 Å². The molecule has 0 aromatic carbocycles. The largest absolute Gasteiger partial charge is 0.486 e. The zero-order valence-corrected chi connectivity index (χ0v) is 12.9. The lowest BCUT2D eigenvalue weighted by Crippen LogP contribution is -1.81. The van der Waals surface area contributed by atoms with Crippen LogP contribution in [0, 0.1) is 13.8 Å². The van der Waals surface area contributed by atoms with Crippen molar-refractivity contribution < 1.29 is 4.74 Å². The average molecular weight is 337 g/mol. The number of aryl methyl sites for hydroxylation is 2. The van der Waals surface area contributed by atoms with Crippen molar-refractivity contribution in [1.29, 1.82) is 0 Å². The van der Waals surface area contributed by atoms with E-state index in [1.54, 1.807) is 7.11 Å². The Labute approximate surface area is 116 Å². The van der Waals surface area contributed by atoms with Gasteiger partial charge in [0, 0.05) is 0 Å². The maximum Gasteiger partial charge on any atom is 0.198 e. The smallest absolute Gasteiger partial charge is 0.198 e. The third-order valence-corrected chi connectivity index (χ3v) is 4.49. The van der Waals surface area contributed by atoms with Crippen LogP contribution in [-0.4, -0.2) is 17.1 Å². The van der Waals surface area contributed by atoms with Crippen LogP contribution in [0.2, 0.25) is 0 Å². The lowest BCUT2D eigenvalue weighted by atomic mass is 10.6. The van der Waals surface area contributed by atoms with E-state index < -0.39 is 0 Å². The van der Waals surface area contributed by atoms with Gasteiger partial charge in [-0.15, -0.1) is 0 Å². The fourth-order valence-corrected chi connectivity index (χ4v) is 2.78. The molecule has 8 heteroatoms. The van der Waals surface area contributed by atoms with E-state index in [9.17, 15) is 0 Å². The summed E-state index contributed by atoms with van der Waals surface area (Å²) in [5.74, 6) is 0. The Kier molecular flexibility index (Phi) is 5.16. The molecule has 2 rings (SSSR count). The van der Waals surface area contributed by atoms with E-state index in [2.05, 4.69) is 25.9 Å². The number of hydrogen-bond donors (Lipinski definition) is 2. The van der Waals surface area contributed by atoms with Crippen LogP contribution in [-0.2, 0) is 0 Å². The molecule has 2 aromatic rings. The minimum atomic E-state index is 0.560. The van der Waals surface area contributed by atoms with Crippen LogP contribution in [0.4, 0.5) is 10.3 Å². The topological polar surface area (TPSA) is 87.0 Å². The van der Waals surface area contributed by atoms with Crippen molar-refractivity contribution in [2.24, 2.45) is 0 Å². The maximum absolute atomic E-state index is 5.38. The fraction of sp³-hybridized carbons (Fsp3) is 0.333. The van der Waals surface area contributed by atoms with E-state index in [4.69, 9.17) is 16.2 Å². The van der Waals surface area contributed by atoms with E-state index in [1.165, 1.54) is 22.7 Å². The van der Waals surface area contributed by atoms with Crippen molar-refractivity contribution in [2.45, 2.75) is 13.8 Å². The molecule has 0 saturated carbocycles. The number of nitrogens with two attached hydrogens (primary N) is 2. The second-order valence-corrected chi connectivity index (χ2v) is 6.38. The lowest BCUT2D eigenvalue weighted by Gasteiger charge is -1.90. The predicted molar refractivity (Wildman–Crippen MR) is 76.8 cm³/mol. The Morgan fingerprint density at radius 2 is 1.59 bits per heavy atom. The highest BCUT2D eigenvalue weighted by Crippen LogP contribution is 2.27. The summed E-state index contributed by atoms with van der Waals surface area (Å²) in [6.45, 7) is 3.78. The number of methoxy groups -OCH3 is 1. The number of rotatable bonds is 1. The summed E-state index contributed by atoms with van der Waals surface area (Å²) < 4.78 is 5.96. The predicted octanol–water partition coefficient (Wildman–Crippen LogP) is 2.84. The number of aromatic nitrogens is 2. The summed E-state index contributed by atoms with van der Waals surface area (Å²) in [5.41, 5.74) is 12.6. The number of nitrogens with zero attached hydrogens (tertiary/aromatic N) is 2. The summed E-state index contributed by atoms with van der Waals surface area (Å²) in [5, 5.41) is 1.98. The first kappa shape index (κ1) is 14.2. The van der Waals surface area contributed by atoms with E-state index in [0.717, 1.165) is 20.2 Å². The summed E-state index contributed by atoms with van der Waals surface area (Å²) in [6, 6.07) is 0. The summed E-state index contributed by atoms with van der Waals surface area (Å²) in [7, 11) is 1.61. The van der Waals surface area contributed by atoms with Crippen LogP contribution in [0.3, 0.4) is 0 Å². The van der Waals surface area contributed by atoms with Crippen LogP contribution >= 0.6 is 38.6 Å². The molecule has 0 fully saturated rings. The van der Waals surface area contributed by atoms with Crippen molar-refractivity contribution in [1.82, 2.24) is 9.97 Å². The van der Waals surface area contributed by atoms with Crippen molar-refractivity contribution in [3.8, 4) is 5.06 Å². The molecule has 5 nitrogen and oxygen atoms in total. The van der Waals surface area contributed by atoms with Crippen molar-refractivity contribution in [3.05, 3.63) is 15.2 Å². The normalized spacial score (nSPS) is 9.65. The molecule has 2 heterocycles. The van der Waals surface area contributed by atoms with Crippen LogP contribution in [0.25, 0.3) is 0 Å². The molecule has 17 heavy (non-hydrogen) atoms. The van der Waals surface area contributed by atoms with E-state index in [-0.39, 0.29) is 0 Å². The molecule has 0 atom stereocenters. The molecule has 94 valence electrons. The van der Waals surface area contributed by atoms with Crippen molar-refractivity contribution in [3.63, 3.8) is 0 Å². The standard InChI is InChI=1S/C5H8N2OS.C4H5BrN2S/c1-3-4(8-2)9-5(6)7-3;1-2-3(5)8-4(6)7-2/h1-2H3,(H2,6,7);1H3,(H2,6,7). The molecule has 4 N–H and O–H groups in total. The van der Waals surface area contributed by atoms with Gasteiger partial charge in [0.1, 0.15) is 0 Å². The van der Waals surface area contributed by atoms with Gasteiger partial charge < -0.3 is 16.2 Å². The lowest BCUT2D eigenvalue weighted by molar-refractivity contribution is 0.423. The first-order chi connectivity index (χ1) is 7.93. The van der Waals surface area contributed by atoms with E-state index >= 15 is 0 Å². The number of hydrogen-bond acceptors (Lipinski definition) is 7. The molecule has 0 spiro atoms. The number of nitrogen functional groups attached to an aromatic ring is 2. The Bertz CT molecular complexity index is 478. The molecule has 0 radical (unpaired) electrons. The van der Waals surface area contributed by atoms with Gasteiger partial charge in [-0.2, -0.15) is 0 Å². The highest BCUT2D eigenvalue weighted by atomic mass is 79.9. The van der Waals surface area contributed by atoms with Gasteiger partial charge in [-0.1, -0.05) is 22.7 Å². The zero-order chi connectivity index (χ0) is 13.0. The van der Waals surface area contributed by atoms with Crippen LogP contribution in [0.5, 0.6) is 5.06 Å². The van der Waals surface area contributed by atoms with Gasteiger partial charge in [0.05, 0.1) is 22.3 Å². The molecule has 0 saturated heterocycles. The molecule has 0 unspecified atom stereocenters. The number of halogens is 1. The SMILES string of the molecule is COc1sc(N)nc1C.Cc1nc(N)sc1Br. The van der Waals surface area contributed by atoms with Gasteiger partial charge in [0.15, 0.2) is 15.3 Å². The van der Waals surface area contributed by atoms with Gasteiger partial charge in [-0.25, -0.2) is 9.97 Å². The first-order valence-electron chi connectivity index (χ1n) is 4.59. The van der Waals surface area contributed by atoms with Crippen molar-refractivity contribution >= 4 is 48.9 Å². The molecule has 0 bridgehead atoms. The molecule has 0 amide bonds. The molecule has 0 aliphatic carbocycles. The fourth-order valence-electron chi connectivity index (χ4n) is 0.990. The molecule has 0 aliphatic rings. The minimum Gasteiger partial charge on any atom is -0.486 e. The quantitative estimate of drug-likeness (QED) is 0.835. The van der Waals surface area contributed by atoms with Crippen LogP contribution < -0.4 is 16.2 Å². The van der Waals surface area contributed by atoms with Gasteiger partial charge in [-0.05, 0) is 29.8 Å². The highest BCUT2D eigenvalue weighted by Gasteiger charge is 2.02. The van der Waals surface area contributed by atoms with Crippen LogP contribution in [0.1, 0.15) is 11.4 Å². The molecular formula is C9H13BrN4OS2. The van der Waals surface area contributed by atoms with E-state index in [0.29, 0.717) is 10.3 Å². The van der Waals surface area contributed by atoms with Crippen LogP contribution in [0.15, 0.2) is 3.79 Å². The Morgan fingerprint density at radius 1 is 1.06 bits per heavy atom. The van der Waals surface area contributed by atoms with Gasteiger partial charge in [0.25, 0.3) is 0 Å². The van der Waals surface area contributed by atoms with Gasteiger partial charge >= 0.3 is 0 Å². The summed E-state index contributed by atoms with van der Waals surface area (Å²) >= 11 is 6.10. The molecular weight excluding hydrogens is 324 g/mol. The zero-order valence-electron chi connectivity index (χ0n) is 9.65. The first-order valence-corrected chi connectivity index (χ1v) is 7.02. The average Bonchev–Trinajstić information content (AvgIpc) is 2.70. The molecule has 0 aliphatic heterocycles. The second kappa shape index (κ2) is 6.18. The monoisotopic (exact) mass is 336 g/mol. The number of thiazole rings is 2. The second-order valence-electron chi connectivity index (χ2n) is 3.04. The Balaban J connectivity index is 0.000000171. The highest BCUT2D eigenvalue weighted by molar-refractivity contribution is 9.11. The third kappa shape index (κ3) is 4.14. The Morgan fingerprint density at radius 3 is 1.76 bits per heavy atom. The van der Waals surface area contributed by atoms with E-state index in [1.807, 2.05) is 13.8 Å². The number of anilines is 2. The minimum absolute atomic E-state index is 0.560. The summed E-state index contributed by atoms with van der Waals surface area (Å²) in [4.78, 5) is 7.91. The summed E-state index contributed by atoms with van der Waals surface area (Å²) in [6.07, 6.45) is 0. The third-order valence-electron chi connectivity index (χ3n) is 1.71. The van der Waals surface area contributed by atoms with Crippen molar-refractivity contribution in [2.75, 3.05) is 18.6 Å². The molecule has 2 aromatic heterocycles. The Hall–Kier alpha value is -0.860.